The van der Waals surface area contributed by atoms with Gasteiger partial charge in [0.05, 0.1) is 10.6 Å². The van der Waals surface area contributed by atoms with Gasteiger partial charge in [-0.1, -0.05) is 71.5 Å². The minimum absolute atomic E-state index is 0.151. The Morgan fingerprint density at radius 3 is 2.21 bits per heavy atom. The van der Waals surface area contributed by atoms with Crippen LogP contribution in [0.25, 0.3) is 10.8 Å². The molecule has 0 saturated heterocycles. The largest absolute Gasteiger partial charge is 0.260 e. The molecule has 0 unspecified atom stereocenters. The molecule has 0 aliphatic rings. The first-order chi connectivity index (χ1) is 14.1. The van der Waals surface area contributed by atoms with Crippen LogP contribution < -0.4 is 5.43 Å². The Balaban J connectivity index is 1.84. The molecule has 4 aromatic rings. The van der Waals surface area contributed by atoms with E-state index in [0.29, 0.717) is 5.39 Å². The number of sulfone groups is 1. The average molecular weight is 401 g/mol. The van der Waals surface area contributed by atoms with Gasteiger partial charge in [0.15, 0.2) is 0 Å². The predicted octanol–water partition coefficient (Wildman–Crippen LogP) is 6.09. The highest BCUT2D eigenvalue weighted by Gasteiger charge is 2.24. The Hall–Kier alpha value is -3.51. The van der Waals surface area contributed by atoms with E-state index in [1.165, 1.54) is 0 Å². The van der Waals surface area contributed by atoms with Gasteiger partial charge in [-0.3, -0.25) is 5.43 Å². The molecule has 0 aliphatic heterocycles. The fourth-order valence-corrected chi connectivity index (χ4v) is 4.67. The van der Waals surface area contributed by atoms with Crippen LogP contribution in [-0.4, -0.2) is 8.42 Å². The lowest BCUT2D eigenvalue weighted by atomic mass is 10.1. The third-order valence-corrected chi connectivity index (χ3v) is 6.43. The molecule has 0 bridgehead atoms. The molecule has 144 valence electrons. The van der Waals surface area contributed by atoms with Gasteiger partial charge in [0.1, 0.15) is 10.6 Å². The standard InChI is InChI=1S/C23H19N3O2S/c1-17-11-14-20(15-12-17)29(27,28)23-21-10-6-5-7-18(21)13-16-22(23)25-26-24-19-8-3-2-4-9-19/h2-16H,1H3,(H,24,25). The van der Waals surface area contributed by atoms with Crippen LogP contribution >= 0.6 is 0 Å². The number of nitrogens with one attached hydrogen (secondary N) is 1. The normalized spacial score (nSPS) is 11.8. The van der Waals surface area contributed by atoms with Gasteiger partial charge >= 0.3 is 0 Å². The number of benzene rings is 4. The first-order valence-corrected chi connectivity index (χ1v) is 10.6. The summed E-state index contributed by atoms with van der Waals surface area (Å²) in [6, 6.07) is 27.1. The molecule has 6 heteroatoms. The molecule has 0 aliphatic carbocycles. The highest BCUT2D eigenvalue weighted by molar-refractivity contribution is 7.92. The Bertz CT molecular complexity index is 1280. The van der Waals surface area contributed by atoms with Crippen molar-refractivity contribution in [2.75, 3.05) is 5.43 Å². The maximum Gasteiger partial charge on any atom is 0.209 e. The number of anilines is 1. The molecular formula is C23H19N3O2S. The van der Waals surface area contributed by atoms with Crippen molar-refractivity contribution in [2.24, 2.45) is 10.3 Å². The molecule has 0 radical (unpaired) electrons. The van der Waals surface area contributed by atoms with Crippen molar-refractivity contribution in [3.05, 3.63) is 96.6 Å². The Morgan fingerprint density at radius 1 is 0.759 bits per heavy atom. The first-order valence-electron chi connectivity index (χ1n) is 9.11. The van der Waals surface area contributed by atoms with E-state index < -0.39 is 9.84 Å². The summed E-state index contributed by atoms with van der Waals surface area (Å²) in [4.78, 5) is 0.380. The molecule has 0 amide bonds. The lowest BCUT2D eigenvalue weighted by Gasteiger charge is -2.11. The van der Waals surface area contributed by atoms with E-state index in [1.54, 1.807) is 36.4 Å². The number of nitrogens with zero attached hydrogens (tertiary/aromatic N) is 2. The van der Waals surface area contributed by atoms with E-state index >= 15 is 0 Å². The summed E-state index contributed by atoms with van der Waals surface area (Å²) in [6.07, 6.45) is 0. The summed E-state index contributed by atoms with van der Waals surface area (Å²) in [5.74, 6) is 0. The highest BCUT2D eigenvalue weighted by Crippen LogP contribution is 2.36. The van der Waals surface area contributed by atoms with Crippen LogP contribution in [0.5, 0.6) is 0 Å². The number of hydrogen-bond donors (Lipinski definition) is 1. The van der Waals surface area contributed by atoms with E-state index in [2.05, 4.69) is 15.8 Å². The van der Waals surface area contributed by atoms with E-state index in [9.17, 15) is 8.42 Å². The maximum absolute atomic E-state index is 13.5. The van der Waals surface area contributed by atoms with Crippen LogP contribution in [0.3, 0.4) is 0 Å². The number of fused-ring (bicyclic) bond motifs is 1. The second-order valence-corrected chi connectivity index (χ2v) is 8.52. The van der Waals surface area contributed by atoms with Crippen LogP contribution in [0, 0.1) is 6.92 Å². The summed E-state index contributed by atoms with van der Waals surface area (Å²) in [5, 5.41) is 9.65. The fraction of sp³-hybridized carbons (Fsp3) is 0.0435. The van der Waals surface area contributed by atoms with Gasteiger partial charge in [-0.25, -0.2) is 8.42 Å². The molecule has 4 rings (SSSR count). The topological polar surface area (TPSA) is 70.9 Å². The average Bonchev–Trinajstić information content (AvgIpc) is 2.74. The van der Waals surface area contributed by atoms with Crippen LogP contribution in [0.2, 0.25) is 0 Å². The molecule has 0 heterocycles. The number of para-hydroxylation sites is 1. The molecule has 1 N–H and O–H groups in total. The smallest absolute Gasteiger partial charge is 0.209 e. The van der Waals surface area contributed by atoms with Crippen molar-refractivity contribution in [1.82, 2.24) is 0 Å². The van der Waals surface area contributed by atoms with E-state index in [-0.39, 0.29) is 15.5 Å². The van der Waals surface area contributed by atoms with E-state index in [0.717, 1.165) is 16.6 Å². The number of rotatable bonds is 5. The summed E-state index contributed by atoms with van der Waals surface area (Å²) >= 11 is 0. The minimum atomic E-state index is -3.79. The van der Waals surface area contributed by atoms with Crippen LogP contribution in [-0.2, 0) is 9.84 Å². The van der Waals surface area contributed by atoms with E-state index in [4.69, 9.17) is 0 Å². The zero-order valence-electron chi connectivity index (χ0n) is 15.8. The van der Waals surface area contributed by atoms with Gasteiger partial charge < -0.3 is 0 Å². The van der Waals surface area contributed by atoms with Crippen LogP contribution in [0.15, 0.2) is 111 Å². The Morgan fingerprint density at radius 2 is 1.45 bits per heavy atom. The van der Waals surface area contributed by atoms with Crippen molar-refractivity contribution >= 4 is 32.0 Å². The maximum atomic E-state index is 13.5. The minimum Gasteiger partial charge on any atom is -0.260 e. The molecule has 0 fully saturated rings. The molecule has 0 aromatic heterocycles. The van der Waals surface area contributed by atoms with Gasteiger partial charge in [0.2, 0.25) is 9.84 Å². The van der Waals surface area contributed by atoms with Crippen molar-refractivity contribution in [2.45, 2.75) is 16.7 Å². The molecule has 29 heavy (non-hydrogen) atoms. The highest BCUT2D eigenvalue weighted by atomic mass is 32.2. The summed E-state index contributed by atoms with van der Waals surface area (Å²) in [7, 11) is -3.79. The van der Waals surface area contributed by atoms with Crippen molar-refractivity contribution in [1.29, 1.82) is 0 Å². The van der Waals surface area contributed by atoms with Crippen LogP contribution in [0.1, 0.15) is 5.56 Å². The van der Waals surface area contributed by atoms with Gasteiger partial charge in [-0.05, 0) is 42.6 Å². The third kappa shape index (κ3) is 3.88. The second kappa shape index (κ2) is 7.85. The summed E-state index contributed by atoms with van der Waals surface area (Å²) in [5.41, 5.74) is 4.87. The third-order valence-electron chi connectivity index (χ3n) is 4.57. The van der Waals surface area contributed by atoms with Gasteiger partial charge in [-0.15, -0.1) is 5.11 Å². The zero-order chi connectivity index (χ0) is 20.3. The van der Waals surface area contributed by atoms with Crippen molar-refractivity contribution in [3.63, 3.8) is 0 Å². The Kier molecular flexibility index (Phi) is 5.10. The quantitative estimate of drug-likeness (QED) is 0.325. The molecule has 0 spiro atoms. The molecule has 0 saturated carbocycles. The van der Waals surface area contributed by atoms with Gasteiger partial charge in [0, 0.05) is 5.39 Å². The monoisotopic (exact) mass is 401 g/mol. The van der Waals surface area contributed by atoms with Crippen molar-refractivity contribution < 1.29 is 8.42 Å². The lowest BCUT2D eigenvalue weighted by molar-refractivity contribution is 0.597. The predicted molar refractivity (Wildman–Crippen MR) is 115 cm³/mol. The Labute approximate surface area is 169 Å². The number of hydrogen-bond acceptors (Lipinski definition) is 4. The molecule has 5 nitrogen and oxygen atoms in total. The second-order valence-electron chi connectivity index (χ2n) is 6.63. The summed E-state index contributed by atoms with van der Waals surface area (Å²) < 4.78 is 27.0. The molecule has 0 atom stereocenters. The van der Waals surface area contributed by atoms with Gasteiger partial charge in [-0.2, -0.15) is 0 Å². The van der Waals surface area contributed by atoms with Gasteiger partial charge in [0.25, 0.3) is 0 Å². The fourth-order valence-electron chi connectivity index (χ4n) is 3.08. The van der Waals surface area contributed by atoms with Crippen LogP contribution in [0.4, 0.5) is 11.4 Å². The first kappa shape index (κ1) is 18.8. The molecule has 4 aromatic carbocycles. The zero-order valence-corrected chi connectivity index (χ0v) is 16.6. The lowest BCUT2D eigenvalue weighted by Crippen LogP contribution is -2.03. The summed E-state index contributed by atoms with van der Waals surface area (Å²) in [6.45, 7) is 1.92. The SMILES string of the molecule is Cc1ccc(S(=O)(=O)c2c(N=NNc3ccccc3)ccc3ccccc23)cc1. The van der Waals surface area contributed by atoms with Crippen molar-refractivity contribution in [3.8, 4) is 0 Å². The van der Waals surface area contributed by atoms with E-state index in [1.807, 2.05) is 61.5 Å². The number of aryl methyl sites for hydroxylation is 1. The molecular weight excluding hydrogens is 382 g/mol.